The van der Waals surface area contributed by atoms with Crippen molar-refractivity contribution in [3.05, 3.63) is 29.8 Å². The van der Waals surface area contributed by atoms with Gasteiger partial charge in [-0.25, -0.2) is 8.42 Å². The van der Waals surface area contributed by atoms with Gasteiger partial charge >= 0.3 is 0 Å². The number of hydrogen-bond acceptors (Lipinski definition) is 3. The lowest BCUT2D eigenvalue weighted by Crippen LogP contribution is -2.35. The molecule has 4 nitrogen and oxygen atoms in total. The summed E-state index contributed by atoms with van der Waals surface area (Å²) < 4.78 is 26.7. The minimum absolute atomic E-state index is 0.153. The highest BCUT2D eigenvalue weighted by atomic mass is 32.2. The number of nitrogens with one attached hydrogen (secondary N) is 2. The number of benzene rings is 1. The smallest absolute Gasteiger partial charge is 0.233 e. The summed E-state index contributed by atoms with van der Waals surface area (Å²) in [7, 11) is -3.32. The van der Waals surface area contributed by atoms with Gasteiger partial charge < -0.3 is 5.32 Å². The van der Waals surface area contributed by atoms with E-state index in [1.165, 1.54) is 0 Å². The standard InChI is InChI=1S/C14H18N2O2S/c1-2-12-5-3-7-14(9-12)16-19(17,18)11-13-6-4-8-15-10-13/h1,3,5,7,9,13,15-16H,4,6,8,10-11H2. The van der Waals surface area contributed by atoms with Crippen LogP contribution in [0.2, 0.25) is 0 Å². The zero-order valence-electron chi connectivity index (χ0n) is 10.7. The molecule has 0 saturated carbocycles. The van der Waals surface area contributed by atoms with E-state index in [1.54, 1.807) is 24.3 Å². The average Bonchev–Trinajstić information content (AvgIpc) is 2.39. The van der Waals surface area contributed by atoms with Crippen molar-refractivity contribution in [2.75, 3.05) is 23.6 Å². The van der Waals surface area contributed by atoms with Gasteiger partial charge in [-0.2, -0.15) is 0 Å². The van der Waals surface area contributed by atoms with Crippen LogP contribution in [0.4, 0.5) is 5.69 Å². The molecule has 0 bridgehead atoms. The molecule has 1 aromatic rings. The van der Waals surface area contributed by atoms with E-state index < -0.39 is 10.0 Å². The second kappa shape index (κ2) is 6.09. The molecule has 0 aromatic heterocycles. The minimum atomic E-state index is -3.32. The molecule has 1 aliphatic rings. The maximum absolute atomic E-state index is 12.1. The number of terminal acetylenes is 1. The fraction of sp³-hybridized carbons (Fsp3) is 0.429. The first-order chi connectivity index (χ1) is 9.09. The van der Waals surface area contributed by atoms with Crippen molar-refractivity contribution in [2.45, 2.75) is 12.8 Å². The van der Waals surface area contributed by atoms with Gasteiger partial charge in [-0.3, -0.25) is 4.72 Å². The summed E-state index contributed by atoms with van der Waals surface area (Å²) in [5.74, 6) is 2.83. The normalized spacial score (nSPS) is 19.6. The van der Waals surface area contributed by atoms with E-state index in [4.69, 9.17) is 6.42 Å². The third-order valence-electron chi connectivity index (χ3n) is 3.16. The molecule has 2 rings (SSSR count). The van der Waals surface area contributed by atoms with Crippen LogP contribution in [0.5, 0.6) is 0 Å². The van der Waals surface area contributed by atoms with Gasteiger partial charge in [0.25, 0.3) is 0 Å². The SMILES string of the molecule is C#Cc1cccc(NS(=O)(=O)CC2CCCNC2)c1. The highest BCUT2D eigenvalue weighted by Gasteiger charge is 2.21. The van der Waals surface area contributed by atoms with Gasteiger partial charge in [0.1, 0.15) is 0 Å². The van der Waals surface area contributed by atoms with E-state index in [9.17, 15) is 8.42 Å². The average molecular weight is 278 g/mol. The van der Waals surface area contributed by atoms with Gasteiger partial charge in [0, 0.05) is 11.3 Å². The van der Waals surface area contributed by atoms with Crippen LogP contribution in [0.25, 0.3) is 0 Å². The van der Waals surface area contributed by atoms with Crippen LogP contribution in [0.1, 0.15) is 18.4 Å². The predicted molar refractivity (Wildman–Crippen MR) is 77.4 cm³/mol. The zero-order chi connectivity index (χ0) is 13.7. The molecular formula is C14H18N2O2S. The Labute approximate surface area is 114 Å². The Morgan fingerprint density at radius 2 is 2.32 bits per heavy atom. The fourth-order valence-electron chi connectivity index (χ4n) is 2.27. The van der Waals surface area contributed by atoms with Crippen molar-refractivity contribution >= 4 is 15.7 Å². The summed E-state index contributed by atoms with van der Waals surface area (Å²) in [6.45, 7) is 1.75. The molecule has 0 spiro atoms. The van der Waals surface area contributed by atoms with E-state index >= 15 is 0 Å². The summed E-state index contributed by atoms with van der Waals surface area (Å²) in [5.41, 5.74) is 1.19. The van der Waals surface area contributed by atoms with Crippen molar-refractivity contribution in [1.29, 1.82) is 0 Å². The molecular weight excluding hydrogens is 260 g/mol. The maximum atomic E-state index is 12.1. The lowest BCUT2D eigenvalue weighted by molar-refractivity contribution is 0.404. The first-order valence-electron chi connectivity index (χ1n) is 6.37. The Hall–Kier alpha value is -1.51. The van der Waals surface area contributed by atoms with E-state index in [-0.39, 0.29) is 11.7 Å². The fourth-order valence-corrected chi connectivity index (χ4v) is 3.74. The molecule has 0 aliphatic carbocycles. The number of rotatable bonds is 4. The van der Waals surface area contributed by atoms with Gasteiger partial charge in [-0.1, -0.05) is 12.0 Å². The van der Waals surface area contributed by atoms with E-state index in [0.717, 1.165) is 25.9 Å². The highest BCUT2D eigenvalue weighted by molar-refractivity contribution is 7.92. The van der Waals surface area contributed by atoms with Gasteiger partial charge in [-0.05, 0) is 50.0 Å². The van der Waals surface area contributed by atoms with Crippen LogP contribution in [0, 0.1) is 18.3 Å². The molecule has 1 heterocycles. The zero-order valence-corrected chi connectivity index (χ0v) is 11.5. The van der Waals surface area contributed by atoms with Crippen molar-refractivity contribution < 1.29 is 8.42 Å². The molecule has 0 amide bonds. The monoisotopic (exact) mass is 278 g/mol. The lowest BCUT2D eigenvalue weighted by atomic mass is 10.0. The molecule has 19 heavy (non-hydrogen) atoms. The van der Waals surface area contributed by atoms with E-state index in [1.807, 2.05) is 0 Å². The van der Waals surface area contributed by atoms with Crippen molar-refractivity contribution in [3.63, 3.8) is 0 Å². The Bertz CT molecular complexity index is 569. The lowest BCUT2D eigenvalue weighted by Gasteiger charge is -2.22. The van der Waals surface area contributed by atoms with Crippen molar-refractivity contribution in [1.82, 2.24) is 5.32 Å². The van der Waals surface area contributed by atoms with Gasteiger partial charge in [0.2, 0.25) is 10.0 Å². The van der Waals surface area contributed by atoms with Gasteiger partial charge in [-0.15, -0.1) is 6.42 Å². The molecule has 2 N–H and O–H groups in total. The number of hydrogen-bond donors (Lipinski definition) is 2. The third kappa shape index (κ3) is 4.27. The summed E-state index contributed by atoms with van der Waals surface area (Å²) in [4.78, 5) is 0. The number of piperidine rings is 1. The maximum Gasteiger partial charge on any atom is 0.233 e. The molecule has 1 aliphatic heterocycles. The quantitative estimate of drug-likeness (QED) is 0.819. The second-order valence-corrected chi connectivity index (χ2v) is 6.59. The van der Waals surface area contributed by atoms with Gasteiger partial charge in [0.05, 0.1) is 5.75 Å². The van der Waals surface area contributed by atoms with Crippen LogP contribution >= 0.6 is 0 Å². The Kier molecular flexibility index (Phi) is 4.46. The third-order valence-corrected chi connectivity index (χ3v) is 4.61. The molecule has 102 valence electrons. The largest absolute Gasteiger partial charge is 0.316 e. The van der Waals surface area contributed by atoms with E-state index in [2.05, 4.69) is 16.0 Å². The van der Waals surface area contributed by atoms with E-state index in [0.29, 0.717) is 11.3 Å². The van der Waals surface area contributed by atoms with Crippen LogP contribution in [0.15, 0.2) is 24.3 Å². The molecule has 1 fully saturated rings. The Morgan fingerprint density at radius 1 is 1.47 bits per heavy atom. The summed E-state index contributed by atoms with van der Waals surface area (Å²) >= 11 is 0. The van der Waals surface area contributed by atoms with Crippen LogP contribution in [0.3, 0.4) is 0 Å². The first-order valence-corrected chi connectivity index (χ1v) is 8.02. The molecule has 0 radical (unpaired) electrons. The Morgan fingerprint density at radius 3 is 3.00 bits per heavy atom. The number of sulfonamides is 1. The summed E-state index contributed by atoms with van der Waals surface area (Å²) in [6, 6.07) is 6.88. The Balaban J connectivity index is 2.01. The van der Waals surface area contributed by atoms with Crippen molar-refractivity contribution in [2.24, 2.45) is 5.92 Å². The highest BCUT2D eigenvalue weighted by Crippen LogP contribution is 2.16. The minimum Gasteiger partial charge on any atom is -0.316 e. The van der Waals surface area contributed by atoms with Crippen molar-refractivity contribution in [3.8, 4) is 12.3 Å². The number of anilines is 1. The summed E-state index contributed by atoms with van der Waals surface area (Å²) in [6.07, 6.45) is 7.29. The second-order valence-electron chi connectivity index (χ2n) is 4.82. The molecule has 1 saturated heterocycles. The molecule has 5 heteroatoms. The molecule has 1 aromatic carbocycles. The van der Waals surface area contributed by atoms with Crippen LogP contribution in [-0.4, -0.2) is 27.3 Å². The van der Waals surface area contributed by atoms with Gasteiger partial charge in [0.15, 0.2) is 0 Å². The predicted octanol–water partition coefficient (Wildman–Crippen LogP) is 1.41. The topological polar surface area (TPSA) is 58.2 Å². The molecule has 1 unspecified atom stereocenters. The van der Waals surface area contributed by atoms with Crippen LogP contribution < -0.4 is 10.0 Å². The molecule has 1 atom stereocenters. The first kappa shape index (κ1) is 13.9. The summed E-state index contributed by atoms with van der Waals surface area (Å²) in [5, 5.41) is 3.22. The van der Waals surface area contributed by atoms with Crippen LogP contribution in [-0.2, 0) is 10.0 Å².